The minimum absolute atomic E-state index is 0.282. The molecule has 5 nitrogen and oxygen atoms in total. The molecule has 0 bridgehead atoms. The molecule has 0 amide bonds. The van der Waals surface area contributed by atoms with Gasteiger partial charge in [0, 0.05) is 23.8 Å². The summed E-state index contributed by atoms with van der Waals surface area (Å²) in [5, 5.41) is 0.889. The van der Waals surface area contributed by atoms with Gasteiger partial charge < -0.3 is 9.47 Å². The van der Waals surface area contributed by atoms with Crippen molar-refractivity contribution in [2.45, 2.75) is 0 Å². The second-order valence-corrected chi connectivity index (χ2v) is 3.64. The smallest absolute Gasteiger partial charge is 0.331 e. The summed E-state index contributed by atoms with van der Waals surface area (Å²) in [4.78, 5) is 7.82. The highest BCUT2D eigenvalue weighted by atomic mass is 35.5. The highest BCUT2D eigenvalue weighted by molar-refractivity contribution is 7.07. The maximum Gasteiger partial charge on any atom is 0.331 e. The summed E-state index contributed by atoms with van der Waals surface area (Å²) in [5.74, 6) is 0.515. The van der Waals surface area contributed by atoms with Gasteiger partial charge in [-0.25, -0.2) is 0 Å². The van der Waals surface area contributed by atoms with Gasteiger partial charge in [-0.15, -0.1) is 9.36 Å². The standard InChI is InChI=1S/C8H6ClN3O2S/c1-13-7-11-8(15-12-7)14-6-2-5(9)3-10-4-6/h2-4H,1H3. The first-order chi connectivity index (χ1) is 7.28. The summed E-state index contributed by atoms with van der Waals surface area (Å²) >= 11 is 6.84. The fraction of sp³-hybridized carbons (Fsp3) is 0.125. The van der Waals surface area contributed by atoms with E-state index in [9.17, 15) is 0 Å². The molecular formula is C8H6ClN3O2S. The van der Waals surface area contributed by atoms with Crippen molar-refractivity contribution in [3.63, 3.8) is 0 Å². The summed E-state index contributed by atoms with van der Waals surface area (Å²) in [6, 6.07) is 1.92. The van der Waals surface area contributed by atoms with Crippen molar-refractivity contribution < 1.29 is 9.47 Å². The van der Waals surface area contributed by atoms with Crippen molar-refractivity contribution in [3.05, 3.63) is 23.5 Å². The molecule has 0 unspecified atom stereocenters. The molecular weight excluding hydrogens is 238 g/mol. The maximum atomic E-state index is 5.74. The third-order valence-electron chi connectivity index (χ3n) is 1.46. The van der Waals surface area contributed by atoms with Crippen LogP contribution in [0, 0.1) is 0 Å². The Hall–Kier alpha value is -1.40. The normalized spacial score (nSPS) is 10.0. The number of hydrogen-bond acceptors (Lipinski definition) is 6. The lowest BCUT2D eigenvalue weighted by Gasteiger charge is -1.99. The van der Waals surface area contributed by atoms with Crippen molar-refractivity contribution in [1.82, 2.24) is 14.3 Å². The van der Waals surface area contributed by atoms with Crippen molar-refractivity contribution >= 4 is 23.1 Å². The second-order valence-electron chi connectivity index (χ2n) is 2.49. The number of ether oxygens (including phenoxy) is 2. The second kappa shape index (κ2) is 4.41. The third kappa shape index (κ3) is 2.54. The Kier molecular flexibility index (Phi) is 2.98. The molecule has 0 aliphatic rings. The number of rotatable bonds is 3. The molecule has 0 aromatic carbocycles. The summed E-state index contributed by atoms with van der Waals surface area (Å²) in [6.45, 7) is 0. The minimum Gasteiger partial charge on any atom is -0.466 e. The molecule has 2 rings (SSSR count). The molecule has 15 heavy (non-hydrogen) atoms. The molecule has 0 aliphatic carbocycles. The Morgan fingerprint density at radius 1 is 1.40 bits per heavy atom. The Balaban J connectivity index is 2.14. The molecule has 7 heteroatoms. The molecule has 0 saturated heterocycles. The number of pyridine rings is 1. The Bertz CT molecular complexity index is 463. The highest BCUT2D eigenvalue weighted by Crippen LogP contribution is 2.25. The van der Waals surface area contributed by atoms with Gasteiger partial charge in [0.15, 0.2) is 0 Å². The van der Waals surface area contributed by atoms with Crippen LogP contribution in [-0.4, -0.2) is 21.5 Å². The van der Waals surface area contributed by atoms with E-state index in [2.05, 4.69) is 14.3 Å². The summed E-state index contributed by atoms with van der Waals surface area (Å²) in [7, 11) is 1.49. The molecule has 0 N–H and O–H groups in total. The maximum absolute atomic E-state index is 5.74. The Labute approximate surface area is 94.8 Å². The van der Waals surface area contributed by atoms with Gasteiger partial charge in [-0.3, -0.25) is 4.98 Å². The Morgan fingerprint density at radius 3 is 2.93 bits per heavy atom. The fourth-order valence-electron chi connectivity index (χ4n) is 0.870. The van der Waals surface area contributed by atoms with E-state index in [4.69, 9.17) is 21.1 Å². The largest absolute Gasteiger partial charge is 0.466 e. The first-order valence-corrected chi connectivity index (χ1v) is 5.09. The van der Waals surface area contributed by atoms with Crippen LogP contribution in [0.3, 0.4) is 0 Å². The van der Waals surface area contributed by atoms with E-state index in [1.54, 1.807) is 12.3 Å². The molecule has 2 aromatic heterocycles. The van der Waals surface area contributed by atoms with Crippen LogP contribution in [0.1, 0.15) is 0 Å². The van der Waals surface area contributed by atoms with Gasteiger partial charge in [0.1, 0.15) is 5.75 Å². The number of methoxy groups -OCH3 is 1. The first kappa shape index (κ1) is 10.1. The zero-order valence-electron chi connectivity index (χ0n) is 7.68. The van der Waals surface area contributed by atoms with Gasteiger partial charge in [0.2, 0.25) is 0 Å². The molecule has 2 heterocycles. The number of halogens is 1. The van der Waals surface area contributed by atoms with Gasteiger partial charge in [0.25, 0.3) is 0 Å². The van der Waals surface area contributed by atoms with E-state index in [-0.39, 0.29) is 6.01 Å². The monoisotopic (exact) mass is 243 g/mol. The molecule has 0 fully saturated rings. The Morgan fingerprint density at radius 2 is 2.27 bits per heavy atom. The van der Waals surface area contributed by atoms with Gasteiger partial charge in [-0.05, 0) is 0 Å². The number of hydrogen-bond donors (Lipinski definition) is 0. The van der Waals surface area contributed by atoms with Crippen LogP contribution < -0.4 is 9.47 Å². The highest BCUT2D eigenvalue weighted by Gasteiger charge is 2.06. The van der Waals surface area contributed by atoms with E-state index >= 15 is 0 Å². The molecule has 0 aliphatic heterocycles. The SMILES string of the molecule is COc1nsc(Oc2cncc(Cl)c2)n1. The summed E-state index contributed by atoms with van der Waals surface area (Å²) < 4.78 is 14.1. The molecule has 78 valence electrons. The number of aromatic nitrogens is 3. The topological polar surface area (TPSA) is 57.1 Å². The van der Waals surface area contributed by atoms with Crippen LogP contribution in [0.25, 0.3) is 0 Å². The van der Waals surface area contributed by atoms with Gasteiger partial charge in [0.05, 0.1) is 18.3 Å². The molecule has 0 atom stereocenters. The summed E-state index contributed by atoms with van der Waals surface area (Å²) in [6.07, 6.45) is 3.06. The van der Waals surface area contributed by atoms with Gasteiger partial charge >= 0.3 is 11.2 Å². The zero-order valence-corrected chi connectivity index (χ0v) is 9.25. The zero-order chi connectivity index (χ0) is 10.7. The average molecular weight is 244 g/mol. The first-order valence-electron chi connectivity index (χ1n) is 3.94. The van der Waals surface area contributed by atoms with Crippen LogP contribution in [0.15, 0.2) is 18.5 Å². The van der Waals surface area contributed by atoms with Crippen LogP contribution in [0.2, 0.25) is 5.02 Å². The predicted octanol–water partition coefficient (Wildman–Crippen LogP) is 2.39. The van der Waals surface area contributed by atoms with Gasteiger partial charge in [-0.1, -0.05) is 11.6 Å². The fourth-order valence-corrected chi connectivity index (χ4v) is 1.56. The van der Waals surface area contributed by atoms with Gasteiger partial charge in [-0.2, -0.15) is 0 Å². The average Bonchev–Trinajstić information content (AvgIpc) is 2.65. The predicted molar refractivity (Wildman–Crippen MR) is 55.8 cm³/mol. The van der Waals surface area contributed by atoms with Crippen LogP contribution in [0.5, 0.6) is 17.0 Å². The molecule has 0 saturated carbocycles. The quantitative estimate of drug-likeness (QED) is 0.829. The van der Waals surface area contributed by atoms with Crippen LogP contribution >= 0.6 is 23.1 Å². The third-order valence-corrected chi connectivity index (χ3v) is 2.24. The minimum atomic E-state index is 0.282. The van der Waals surface area contributed by atoms with Crippen molar-refractivity contribution in [1.29, 1.82) is 0 Å². The van der Waals surface area contributed by atoms with E-state index in [1.807, 2.05) is 0 Å². The van der Waals surface area contributed by atoms with Crippen molar-refractivity contribution in [2.24, 2.45) is 0 Å². The number of nitrogens with zero attached hydrogens (tertiary/aromatic N) is 3. The van der Waals surface area contributed by atoms with Crippen molar-refractivity contribution in [3.8, 4) is 17.0 Å². The molecule has 0 spiro atoms. The van der Waals surface area contributed by atoms with Crippen LogP contribution in [-0.2, 0) is 0 Å². The summed E-state index contributed by atoms with van der Waals surface area (Å²) in [5.41, 5.74) is 0. The van der Waals surface area contributed by atoms with E-state index in [0.29, 0.717) is 16.0 Å². The lowest BCUT2D eigenvalue weighted by Crippen LogP contribution is -1.86. The van der Waals surface area contributed by atoms with E-state index < -0.39 is 0 Å². The lowest BCUT2D eigenvalue weighted by molar-refractivity contribution is 0.378. The van der Waals surface area contributed by atoms with E-state index in [1.165, 1.54) is 13.3 Å². The van der Waals surface area contributed by atoms with Crippen molar-refractivity contribution in [2.75, 3.05) is 7.11 Å². The van der Waals surface area contributed by atoms with Crippen LogP contribution in [0.4, 0.5) is 0 Å². The molecule has 0 radical (unpaired) electrons. The lowest BCUT2D eigenvalue weighted by atomic mass is 10.5. The molecule has 2 aromatic rings. The van der Waals surface area contributed by atoms with E-state index in [0.717, 1.165) is 11.5 Å².